The molecule has 1 aliphatic carbocycles. The number of fused-ring (bicyclic) bond motifs is 1. The predicted molar refractivity (Wildman–Crippen MR) is 96.0 cm³/mol. The van der Waals surface area contributed by atoms with Crippen LogP contribution in [0.4, 0.5) is 5.95 Å². The van der Waals surface area contributed by atoms with Gasteiger partial charge in [0.15, 0.2) is 0 Å². The number of amides is 1. The van der Waals surface area contributed by atoms with Gasteiger partial charge in [-0.2, -0.15) is 0 Å². The minimum atomic E-state index is 0.0336. The molecule has 0 saturated carbocycles. The van der Waals surface area contributed by atoms with Gasteiger partial charge in [0.25, 0.3) is 5.56 Å². The number of aryl methyl sites for hydroxylation is 1. The molecule has 2 fully saturated rings. The van der Waals surface area contributed by atoms with E-state index >= 15 is 0 Å². The number of aromatic nitrogens is 2. The van der Waals surface area contributed by atoms with E-state index in [0.717, 1.165) is 89.1 Å². The van der Waals surface area contributed by atoms with E-state index in [2.05, 4.69) is 14.8 Å². The molecule has 7 nitrogen and oxygen atoms in total. The zero-order valence-corrected chi connectivity index (χ0v) is 14.8. The zero-order valence-electron chi connectivity index (χ0n) is 14.8. The molecule has 3 heterocycles. The van der Waals surface area contributed by atoms with E-state index in [4.69, 9.17) is 4.98 Å². The number of hydrogen-bond acceptors (Lipinski definition) is 5. The number of hydrogen-bond donors (Lipinski definition) is 1. The molecule has 0 unspecified atom stereocenters. The molecule has 0 aromatic carbocycles. The van der Waals surface area contributed by atoms with Gasteiger partial charge in [0.05, 0.1) is 12.2 Å². The summed E-state index contributed by atoms with van der Waals surface area (Å²) in [5, 5.41) is 0. The Balaban J connectivity index is 1.36. The fraction of sp³-hybridized carbons (Fsp3) is 0.722. The van der Waals surface area contributed by atoms with Crippen molar-refractivity contribution in [3.8, 4) is 0 Å². The van der Waals surface area contributed by atoms with Crippen molar-refractivity contribution in [1.82, 2.24) is 19.8 Å². The van der Waals surface area contributed by atoms with Crippen molar-refractivity contribution < 1.29 is 4.79 Å². The molecule has 1 aromatic heterocycles. The van der Waals surface area contributed by atoms with E-state index in [1.165, 1.54) is 0 Å². The van der Waals surface area contributed by atoms with Gasteiger partial charge in [0, 0.05) is 44.8 Å². The van der Waals surface area contributed by atoms with Crippen LogP contribution in [0, 0.1) is 0 Å². The molecular formula is C18H27N5O2. The molecule has 0 radical (unpaired) electrons. The third-order valence-corrected chi connectivity index (χ3v) is 5.67. The number of likely N-dealkylation sites (tertiary alicyclic amines) is 1. The summed E-state index contributed by atoms with van der Waals surface area (Å²) < 4.78 is 0. The van der Waals surface area contributed by atoms with E-state index in [-0.39, 0.29) is 11.5 Å². The number of rotatable bonds is 3. The normalized spacial score (nSPS) is 21.4. The molecule has 1 N–H and O–H groups in total. The summed E-state index contributed by atoms with van der Waals surface area (Å²) in [6.07, 6.45) is 6.24. The molecule has 1 aromatic rings. The number of carbonyl (C=O) groups is 1. The van der Waals surface area contributed by atoms with E-state index in [9.17, 15) is 9.59 Å². The summed E-state index contributed by atoms with van der Waals surface area (Å²) in [6.45, 7) is 5.62. The van der Waals surface area contributed by atoms with Crippen molar-refractivity contribution in [3.63, 3.8) is 0 Å². The lowest BCUT2D eigenvalue weighted by molar-refractivity contribution is -0.131. The summed E-state index contributed by atoms with van der Waals surface area (Å²) in [6, 6.07) is 0. The van der Waals surface area contributed by atoms with Crippen LogP contribution in [0.15, 0.2) is 4.79 Å². The Bertz CT molecular complexity index is 687. The van der Waals surface area contributed by atoms with Crippen LogP contribution in [0.1, 0.15) is 36.9 Å². The van der Waals surface area contributed by atoms with Crippen LogP contribution in [0.2, 0.25) is 0 Å². The smallest absolute Gasteiger partial charge is 0.255 e. The number of H-pyrrole nitrogens is 1. The van der Waals surface area contributed by atoms with Gasteiger partial charge in [-0.3, -0.25) is 19.5 Å². The molecule has 1 amide bonds. The van der Waals surface area contributed by atoms with E-state index in [1.807, 2.05) is 4.90 Å². The summed E-state index contributed by atoms with van der Waals surface area (Å²) in [5.74, 6) is 0.961. The second-order valence-electron chi connectivity index (χ2n) is 7.37. The first-order valence-electron chi connectivity index (χ1n) is 9.58. The Morgan fingerprint density at radius 1 is 0.960 bits per heavy atom. The number of aromatic amines is 1. The second kappa shape index (κ2) is 7.15. The minimum Gasteiger partial charge on any atom is -0.342 e. The maximum Gasteiger partial charge on any atom is 0.255 e. The van der Waals surface area contributed by atoms with Crippen molar-refractivity contribution in [2.24, 2.45) is 0 Å². The maximum atomic E-state index is 12.3. The molecule has 0 atom stereocenters. The minimum absolute atomic E-state index is 0.0336. The Morgan fingerprint density at radius 2 is 1.68 bits per heavy atom. The number of nitrogens with one attached hydrogen (secondary N) is 1. The largest absolute Gasteiger partial charge is 0.342 e. The number of carbonyl (C=O) groups excluding carboxylic acids is 1. The van der Waals surface area contributed by atoms with Gasteiger partial charge in [-0.25, -0.2) is 4.98 Å². The first kappa shape index (κ1) is 16.6. The quantitative estimate of drug-likeness (QED) is 0.858. The van der Waals surface area contributed by atoms with Crippen molar-refractivity contribution in [1.29, 1.82) is 0 Å². The maximum absolute atomic E-state index is 12.3. The number of nitrogens with zero attached hydrogens (tertiary/aromatic N) is 4. The average molecular weight is 345 g/mol. The van der Waals surface area contributed by atoms with Crippen LogP contribution in [0.25, 0.3) is 0 Å². The summed E-state index contributed by atoms with van der Waals surface area (Å²) in [7, 11) is 0. The molecule has 2 aliphatic heterocycles. The second-order valence-corrected chi connectivity index (χ2v) is 7.37. The van der Waals surface area contributed by atoms with Crippen molar-refractivity contribution >= 4 is 11.9 Å². The third-order valence-electron chi connectivity index (χ3n) is 5.67. The van der Waals surface area contributed by atoms with Gasteiger partial charge in [-0.1, -0.05) is 0 Å². The molecule has 0 bridgehead atoms. The highest BCUT2D eigenvalue weighted by Gasteiger charge is 2.25. The summed E-state index contributed by atoms with van der Waals surface area (Å²) in [5.41, 5.74) is 1.90. The van der Waals surface area contributed by atoms with Gasteiger partial charge < -0.3 is 9.80 Å². The standard InChI is InChI=1S/C18H27N5O2/c24-16(22-7-3-4-8-22)13-21-9-11-23(12-10-21)18-19-15-6-2-1-5-14(15)17(25)20-18/h1-13H2,(H,19,20,25). The van der Waals surface area contributed by atoms with Gasteiger partial charge in [0.1, 0.15) is 0 Å². The Labute approximate surface area is 148 Å². The molecule has 25 heavy (non-hydrogen) atoms. The van der Waals surface area contributed by atoms with Crippen LogP contribution in [0.3, 0.4) is 0 Å². The lowest BCUT2D eigenvalue weighted by atomic mass is 9.97. The van der Waals surface area contributed by atoms with Crippen LogP contribution < -0.4 is 10.5 Å². The number of piperazine rings is 1. The molecule has 3 aliphatic rings. The number of anilines is 1. The van der Waals surface area contributed by atoms with Crippen molar-refractivity contribution in [3.05, 3.63) is 21.6 Å². The van der Waals surface area contributed by atoms with Crippen LogP contribution >= 0.6 is 0 Å². The topological polar surface area (TPSA) is 72.5 Å². The van der Waals surface area contributed by atoms with E-state index in [0.29, 0.717) is 12.5 Å². The Morgan fingerprint density at radius 3 is 2.44 bits per heavy atom. The molecular weight excluding hydrogens is 318 g/mol. The lowest BCUT2D eigenvalue weighted by Crippen LogP contribution is -2.50. The highest BCUT2D eigenvalue weighted by Crippen LogP contribution is 2.19. The summed E-state index contributed by atoms with van der Waals surface area (Å²) in [4.78, 5) is 38.6. The Kier molecular flexibility index (Phi) is 4.74. The van der Waals surface area contributed by atoms with Crippen molar-refractivity contribution in [2.45, 2.75) is 38.5 Å². The molecule has 2 saturated heterocycles. The molecule has 7 heteroatoms. The average Bonchev–Trinajstić information content (AvgIpc) is 3.17. The van der Waals surface area contributed by atoms with Crippen molar-refractivity contribution in [2.75, 3.05) is 50.7 Å². The monoisotopic (exact) mass is 345 g/mol. The Hall–Kier alpha value is -1.89. The van der Waals surface area contributed by atoms with Gasteiger partial charge in [0.2, 0.25) is 11.9 Å². The first-order chi connectivity index (χ1) is 12.2. The highest BCUT2D eigenvalue weighted by atomic mass is 16.2. The predicted octanol–water partition coefficient (Wildman–Crippen LogP) is 0.393. The van der Waals surface area contributed by atoms with Crippen LogP contribution in [-0.4, -0.2) is 71.5 Å². The fourth-order valence-corrected chi connectivity index (χ4v) is 4.12. The molecule has 0 spiro atoms. The lowest BCUT2D eigenvalue weighted by Gasteiger charge is -2.35. The highest BCUT2D eigenvalue weighted by molar-refractivity contribution is 5.78. The molecule has 136 valence electrons. The SMILES string of the molecule is O=C(CN1CCN(c2nc3c(c(=O)[nH]2)CCCC3)CC1)N1CCCC1. The van der Waals surface area contributed by atoms with E-state index in [1.54, 1.807) is 0 Å². The third kappa shape index (κ3) is 3.56. The van der Waals surface area contributed by atoms with Crippen LogP contribution in [-0.2, 0) is 17.6 Å². The van der Waals surface area contributed by atoms with Gasteiger partial charge >= 0.3 is 0 Å². The zero-order chi connectivity index (χ0) is 17.2. The van der Waals surface area contributed by atoms with Gasteiger partial charge in [-0.15, -0.1) is 0 Å². The molecule has 4 rings (SSSR count). The first-order valence-corrected chi connectivity index (χ1v) is 9.58. The summed E-state index contributed by atoms with van der Waals surface area (Å²) >= 11 is 0. The van der Waals surface area contributed by atoms with Crippen LogP contribution in [0.5, 0.6) is 0 Å². The fourth-order valence-electron chi connectivity index (χ4n) is 4.12. The van der Waals surface area contributed by atoms with Gasteiger partial charge in [-0.05, 0) is 38.5 Å². The van der Waals surface area contributed by atoms with E-state index < -0.39 is 0 Å².